The van der Waals surface area contributed by atoms with Gasteiger partial charge in [0.25, 0.3) is 0 Å². The molecule has 0 spiro atoms. The van der Waals surface area contributed by atoms with Gasteiger partial charge in [0.1, 0.15) is 5.60 Å². The van der Waals surface area contributed by atoms with Gasteiger partial charge in [-0.15, -0.1) is 0 Å². The average molecular weight is 250 g/mol. The van der Waals surface area contributed by atoms with E-state index in [-0.39, 0.29) is 11.6 Å². The first-order valence-corrected chi connectivity index (χ1v) is 7.45. The third-order valence-corrected chi connectivity index (χ3v) is 4.64. The third-order valence-electron chi connectivity index (χ3n) is 4.64. The van der Waals surface area contributed by atoms with Crippen LogP contribution in [0, 0.1) is 17.8 Å². The van der Waals surface area contributed by atoms with Crippen molar-refractivity contribution < 1.29 is 9.53 Å². The van der Waals surface area contributed by atoms with Gasteiger partial charge in [-0.3, -0.25) is 0 Å². The Morgan fingerprint density at radius 3 is 1.78 bits per heavy atom. The van der Waals surface area contributed by atoms with E-state index in [0.29, 0.717) is 5.57 Å². The number of hydrogen-bond acceptors (Lipinski definition) is 2. The minimum atomic E-state index is -0.179. The van der Waals surface area contributed by atoms with E-state index < -0.39 is 0 Å². The second kappa shape index (κ2) is 5.07. The molecule has 0 aromatic heterocycles. The second-order valence-corrected chi connectivity index (χ2v) is 6.27. The molecule has 0 heterocycles. The molecule has 4 aliphatic carbocycles. The molecule has 102 valence electrons. The van der Waals surface area contributed by atoms with Gasteiger partial charge in [-0.2, -0.15) is 0 Å². The monoisotopic (exact) mass is 250 g/mol. The average Bonchev–Trinajstić information content (AvgIpc) is 2.28. The van der Waals surface area contributed by atoms with E-state index in [4.69, 9.17) is 4.74 Å². The van der Waals surface area contributed by atoms with Crippen LogP contribution in [0.3, 0.4) is 0 Å². The molecule has 0 aromatic carbocycles. The van der Waals surface area contributed by atoms with Crippen LogP contribution in [0.25, 0.3) is 0 Å². The van der Waals surface area contributed by atoms with E-state index in [1.807, 2.05) is 13.8 Å². The molecule has 0 N–H and O–H groups in total. The molecule has 18 heavy (non-hydrogen) atoms. The second-order valence-electron chi connectivity index (χ2n) is 6.27. The smallest absolute Gasteiger partial charge is 0.333 e. The molecule has 2 heteroatoms. The maximum atomic E-state index is 11.7. The van der Waals surface area contributed by atoms with E-state index in [2.05, 4.69) is 6.58 Å². The van der Waals surface area contributed by atoms with Gasteiger partial charge < -0.3 is 4.74 Å². The summed E-state index contributed by atoms with van der Waals surface area (Å²) in [5.74, 6) is 2.29. The highest BCUT2D eigenvalue weighted by Crippen LogP contribution is 2.57. The molecule has 0 aliphatic heterocycles. The van der Waals surface area contributed by atoms with Crippen molar-refractivity contribution in [2.45, 2.75) is 64.9 Å². The molecule has 0 unspecified atom stereocenters. The summed E-state index contributed by atoms with van der Waals surface area (Å²) in [5, 5.41) is 0. The number of rotatable bonds is 2. The highest BCUT2D eigenvalue weighted by Gasteiger charge is 2.53. The molecule has 4 aliphatic rings. The van der Waals surface area contributed by atoms with Crippen molar-refractivity contribution in [2.24, 2.45) is 17.8 Å². The Hall–Kier alpha value is -0.790. The number of carbonyl (C=O) groups excluding carboxylic acids is 1. The van der Waals surface area contributed by atoms with Crippen molar-refractivity contribution >= 4 is 5.97 Å². The van der Waals surface area contributed by atoms with Crippen LogP contribution in [0.4, 0.5) is 0 Å². The SMILES string of the molecule is C=C(C)C(=O)OC12CC3CC(CC(C3)C1)C2.CC. The molecule has 0 radical (unpaired) electrons. The van der Waals surface area contributed by atoms with Crippen LogP contribution in [-0.2, 0) is 9.53 Å². The Kier molecular flexibility index (Phi) is 3.84. The lowest BCUT2D eigenvalue weighted by molar-refractivity contribution is -0.182. The fraction of sp³-hybridized carbons (Fsp3) is 0.812. The van der Waals surface area contributed by atoms with Crippen LogP contribution in [0.2, 0.25) is 0 Å². The Morgan fingerprint density at radius 1 is 1.06 bits per heavy atom. The zero-order valence-corrected chi connectivity index (χ0v) is 12.0. The Labute approximate surface area is 111 Å². The van der Waals surface area contributed by atoms with Crippen molar-refractivity contribution in [3.05, 3.63) is 12.2 Å². The lowest BCUT2D eigenvalue weighted by atomic mass is 9.54. The van der Waals surface area contributed by atoms with E-state index in [0.717, 1.165) is 37.0 Å². The first kappa shape index (κ1) is 13.6. The molecule has 4 bridgehead atoms. The predicted molar refractivity (Wildman–Crippen MR) is 73.2 cm³/mol. The quantitative estimate of drug-likeness (QED) is 0.545. The Bertz CT molecular complexity index is 308. The summed E-state index contributed by atoms with van der Waals surface area (Å²) in [6, 6.07) is 0. The molecular formula is C16H26O2. The molecule has 4 saturated carbocycles. The summed E-state index contributed by atoms with van der Waals surface area (Å²) < 4.78 is 5.77. The Morgan fingerprint density at radius 2 is 1.44 bits per heavy atom. The summed E-state index contributed by atoms with van der Waals surface area (Å²) in [6.45, 7) is 9.42. The van der Waals surface area contributed by atoms with Gasteiger partial charge in [0.15, 0.2) is 0 Å². The lowest BCUT2D eigenvalue weighted by Crippen LogP contribution is -2.52. The molecule has 0 amide bonds. The van der Waals surface area contributed by atoms with Crippen LogP contribution in [0.1, 0.15) is 59.3 Å². The zero-order valence-electron chi connectivity index (χ0n) is 12.0. The summed E-state index contributed by atoms with van der Waals surface area (Å²) in [6.07, 6.45) is 7.46. The van der Waals surface area contributed by atoms with Crippen LogP contribution in [-0.4, -0.2) is 11.6 Å². The first-order valence-electron chi connectivity index (χ1n) is 7.45. The van der Waals surface area contributed by atoms with Gasteiger partial charge in [-0.05, 0) is 63.2 Å². The van der Waals surface area contributed by atoms with Crippen molar-refractivity contribution in [3.63, 3.8) is 0 Å². The van der Waals surface area contributed by atoms with Crippen LogP contribution >= 0.6 is 0 Å². The van der Waals surface area contributed by atoms with E-state index in [1.165, 1.54) is 19.3 Å². The van der Waals surface area contributed by atoms with Crippen LogP contribution in [0.5, 0.6) is 0 Å². The van der Waals surface area contributed by atoms with E-state index in [9.17, 15) is 4.79 Å². The lowest BCUT2D eigenvalue weighted by Gasteiger charge is -2.55. The maximum Gasteiger partial charge on any atom is 0.333 e. The fourth-order valence-corrected chi connectivity index (χ4v) is 4.44. The topological polar surface area (TPSA) is 26.3 Å². The van der Waals surface area contributed by atoms with Gasteiger partial charge in [-0.25, -0.2) is 4.79 Å². The van der Waals surface area contributed by atoms with Gasteiger partial charge in [0.05, 0.1) is 0 Å². The molecule has 0 atom stereocenters. The van der Waals surface area contributed by atoms with Gasteiger partial charge in [0.2, 0.25) is 0 Å². The van der Waals surface area contributed by atoms with Crippen molar-refractivity contribution in [2.75, 3.05) is 0 Å². The Balaban J connectivity index is 0.000000574. The zero-order chi connectivity index (χ0) is 13.3. The highest BCUT2D eigenvalue weighted by atomic mass is 16.6. The molecule has 4 rings (SSSR count). The number of esters is 1. The molecule has 2 nitrogen and oxygen atoms in total. The number of ether oxygens (including phenoxy) is 1. The van der Waals surface area contributed by atoms with Crippen LogP contribution in [0.15, 0.2) is 12.2 Å². The summed E-state index contributed by atoms with van der Waals surface area (Å²) >= 11 is 0. The minimum Gasteiger partial charge on any atom is -0.456 e. The number of carbonyl (C=O) groups is 1. The standard InChI is InChI=1S/C14H20O2.C2H6/c1-9(2)13(15)16-14-6-10-3-11(7-14)5-12(4-10)8-14;1-2/h10-12H,1,3-8H2,2H3;1-2H3. The molecule has 0 aromatic rings. The van der Waals surface area contributed by atoms with Crippen molar-refractivity contribution in [1.29, 1.82) is 0 Å². The third kappa shape index (κ3) is 2.48. The van der Waals surface area contributed by atoms with Gasteiger partial charge in [0, 0.05) is 5.57 Å². The van der Waals surface area contributed by atoms with Crippen LogP contribution < -0.4 is 0 Å². The summed E-state index contributed by atoms with van der Waals surface area (Å²) in [4.78, 5) is 11.7. The first-order chi connectivity index (χ1) is 8.56. The summed E-state index contributed by atoms with van der Waals surface area (Å²) in [5.41, 5.74) is 0.431. The largest absolute Gasteiger partial charge is 0.456 e. The van der Waals surface area contributed by atoms with Crippen molar-refractivity contribution in [1.82, 2.24) is 0 Å². The van der Waals surface area contributed by atoms with E-state index >= 15 is 0 Å². The molecule has 0 saturated heterocycles. The maximum absolute atomic E-state index is 11.7. The van der Waals surface area contributed by atoms with Gasteiger partial charge in [-0.1, -0.05) is 20.4 Å². The highest BCUT2D eigenvalue weighted by molar-refractivity contribution is 5.87. The number of hydrogen-bond donors (Lipinski definition) is 0. The predicted octanol–water partition coefficient (Wildman–Crippen LogP) is 4.10. The van der Waals surface area contributed by atoms with Gasteiger partial charge >= 0.3 is 5.97 Å². The normalized spacial score (nSPS) is 39.8. The molecular weight excluding hydrogens is 224 g/mol. The summed E-state index contributed by atoms with van der Waals surface area (Å²) in [7, 11) is 0. The molecule has 4 fully saturated rings. The van der Waals surface area contributed by atoms with Crippen molar-refractivity contribution in [3.8, 4) is 0 Å². The van der Waals surface area contributed by atoms with E-state index in [1.54, 1.807) is 6.92 Å². The fourth-order valence-electron chi connectivity index (χ4n) is 4.44. The minimum absolute atomic E-state index is 0.106.